The first-order chi connectivity index (χ1) is 13.0. The summed E-state index contributed by atoms with van der Waals surface area (Å²) < 4.78 is 1.87. The van der Waals surface area contributed by atoms with Gasteiger partial charge in [0, 0.05) is 18.8 Å². The van der Waals surface area contributed by atoms with Gasteiger partial charge in [0.1, 0.15) is 0 Å². The Kier molecular flexibility index (Phi) is 5.55. The number of imidazole rings is 1. The minimum absolute atomic E-state index is 0.246. The van der Waals surface area contributed by atoms with E-state index in [-0.39, 0.29) is 11.8 Å². The van der Waals surface area contributed by atoms with E-state index in [2.05, 4.69) is 15.6 Å². The molecule has 0 saturated carbocycles. The van der Waals surface area contributed by atoms with E-state index in [1.54, 1.807) is 24.3 Å². The summed E-state index contributed by atoms with van der Waals surface area (Å²) in [6.45, 7) is 5.31. The van der Waals surface area contributed by atoms with Crippen molar-refractivity contribution in [2.75, 3.05) is 11.9 Å². The SMILES string of the molecule is CC(C)CNC(=O)c1nc(C(=O)Nc2ccc(C#N)cc2)c2n1CCCC2. The van der Waals surface area contributed by atoms with E-state index in [0.29, 0.717) is 41.8 Å². The van der Waals surface area contributed by atoms with Gasteiger partial charge in [-0.2, -0.15) is 5.26 Å². The molecule has 2 amide bonds. The Morgan fingerprint density at radius 3 is 2.63 bits per heavy atom. The van der Waals surface area contributed by atoms with Crippen molar-refractivity contribution in [1.29, 1.82) is 5.26 Å². The molecule has 1 aliphatic heterocycles. The van der Waals surface area contributed by atoms with Crippen LogP contribution >= 0.6 is 0 Å². The molecule has 7 nitrogen and oxygen atoms in total. The molecule has 0 saturated heterocycles. The van der Waals surface area contributed by atoms with Gasteiger partial charge in [-0.25, -0.2) is 4.98 Å². The maximum atomic E-state index is 12.8. The molecule has 2 N–H and O–H groups in total. The van der Waals surface area contributed by atoms with Crippen LogP contribution in [0.2, 0.25) is 0 Å². The zero-order valence-corrected chi connectivity index (χ0v) is 15.6. The van der Waals surface area contributed by atoms with E-state index in [4.69, 9.17) is 5.26 Å². The molecular weight excluding hydrogens is 342 g/mol. The Morgan fingerprint density at radius 1 is 1.22 bits per heavy atom. The third-order valence-electron chi connectivity index (χ3n) is 4.48. The lowest BCUT2D eigenvalue weighted by Gasteiger charge is -2.17. The zero-order valence-electron chi connectivity index (χ0n) is 15.6. The highest BCUT2D eigenvalue weighted by Gasteiger charge is 2.27. The number of carbonyl (C=O) groups is 2. The minimum atomic E-state index is -0.340. The predicted molar refractivity (Wildman–Crippen MR) is 101 cm³/mol. The summed E-state index contributed by atoms with van der Waals surface area (Å²) in [5, 5.41) is 14.6. The number of nitriles is 1. The molecule has 0 aliphatic carbocycles. The number of hydrogen-bond acceptors (Lipinski definition) is 4. The van der Waals surface area contributed by atoms with Crippen molar-refractivity contribution >= 4 is 17.5 Å². The van der Waals surface area contributed by atoms with Crippen LogP contribution in [-0.4, -0.2) is 27.9 Å². The lowest BCUT2D eigenvalue weighted by atomic mass is 10.1. The molecule has 0 unspecified atom stereocenters. The van der Waals surface area contributed by atoms with Gasteiger partial charge in [0.25, 0.3) is 11.8 Å². The van der Waals surface area contributed by atoms with Crippen LogP contribution in [0.25, 0.3) is 0 Å². The van der Waals surface area contributed by atoms with Gasteiger partial charge in [-0.05, 0) is 49.4 Å². The van der Waals surface area contributed by atoms with Crippen molar-refractivity contribution in [2.24, 2.45) is 5.92 Å². The summed E-state index contributed by atoms with van der Waals surface area (Å²) in [5.74, 6) is 0.0526. The third kappa shape index (κ3) is 4.17. The van der Waals surface area contributed by atoms with Crippen molar-refractivity contribution in [3.8, 4) is 6.07 Å². The first-order valence-corrected chi connectivity index (χ1v) is 9.18. The fourth-order valence-corrected chi connectivity index (χ4v) is 3.09. The van der Waals surface area contributed by atoms with E-state index in [1.807, 2.05) is 24.5 Å². The predicted octanol–water partition coefficient (Wildman–Crippen LogP) is 2.73. The van der Waals surface area contributed by atoms with Gasteiger partial charge >= 0.3 is 0 Å². The number of amides is 2. The van der Waals surface area contributed by atoms with Gasteiger partial charge < -0.3 is 15.2 Å². The van der Waals surface area contributed by atoms with Gasteiger partial charge in [0.2, 0.25) is 0 Å². The molecular formula is C20H23N5O2. The van der Waals surface area contributed by atoms with Crippen LogP contribution in [0, 0.1) is 17.2 Å². The third-order valence-corrected chi connectivity index (χ3v) is 4.48. The number of carbonyl (C=O) groups excluding carboxylic acids is 2. The molecule has 7 heteroatoms. The lowest BCUT2D eigenvalue weighted by molar-refractivity contribution is 0.0933. The highest BCUT2D eigenvalue weighted by molar-refractivity contribution is 6.05. The standard InChI is InChI=1S/C20H23N5O2/c1-13(2)12-22-20(27)18-24-17(16-5-3-4-10-25(16)18)19(26)23-15-8-6-14(11-21)7-9-15/h6-9,13H,3-5,10,12H2,1-2H3,(H,22,27)(H,23,26). The number of rotatable bonds is 5. The molecule has 140 valence electrons. The fraction of sp³-hybridized carbons (Fsp3) is 0.400. The number of anilines is 1. The summed E-state index contributed by atoms with van der Waals surface area (Å²) in [7, 11) is 0. The second-order valence-corrected chi connectivity index (χ2v) is 7.09. The highest BCUT2D eigenvalue weighted by Crippen LogP contribution is 2.22. The van der Waals surface area contributed by atoms with Crippen LogP contribution in [0.3, 0.4) is 0 Å². The lowest BCUT2D eigenvalue weighted by Crippen LogP contribution is -2.30. The van der Waals surface area contributed by atoms with Gasteiger partial charge in [-0.15, -0.1) is 0 Å². The summed E-state index contributed by atoms with van der Waals surface area (Å²) in [6, 6.07) is 8.68. The fourth-order valence-electron chi connectivity index (χ4n) is 3.09. The van der Waals surface area contributed by atoms with Crippen molar-refractivity contribution in [3.63, 3.8) is 0 Å². The quantitative estimate of drug-likeness (QED) is 0.851. The van der Waals surface area contributed by atoms with E-state index >= 15 is 0 Å². The number of nitrogens with one attached hydrogen (secondary N) is 2. The monoisotopic (exact) mass is 365 g/mol. The minimum Gasteiger partial charge on any atom is -0.349 e. The maximum absolute atomic E-state index is 12.8. The van der Waals surface area contributed by atoms with Crippen LogP contribution in [0.5, 0.6) is 0 Å². The van der Waals surface area contributed by atoms with Gasteiger partial charge in [-0.1, -0.05) is 13.8 Å². The van der Waals surface area contributed by atoms with E-state index < -0.39 is 0 Å². The van der Waals surface area contributed by atoms with Crippen LogP contribution in [0.4, 0.5) is 5.69 Å². The molecule has 1 aromatic heterocycles. The van der Waals surface area contributed by atoms with Gasteiger partial charge in [0.05, 0.1) is 17.3 Å². The van der Waals surface area contributed by atoms with Crippen LogP contribution in [-0.2, 0) is 13.0 Å². The smallest absolute Gasteiger partial charge is 0.287 e. The number of fused-ring (bicyclic) bond motifs is 1. The second kappa shape index (κ2) is 8.04. The molecule has 0 radical (unpaired) electrons. The van der Waals surface area contributed by atoms with Gasteiger partial charge in [0.15, 0.2) is 11.5 Å². The molecule has 27 heavy (non-hydrogen) atoms. The van der Waals surface area contributed by atoms with Crippen LogP contribution in [0.1, 0.15) is 59.1 Å². The molecule has 2 aromatic rings. The highest BCUT2D eigenvalue weighted by atomic mass is 16.2. The summed E-state index contributed by atoms with van der Waals surface area (Å²) in [6.07, 6.45) is 2.65. The maximum Gasteiger partial charge on any atom is 0.287 e. The normalized spacial score (nSPS) is 13.0. The average molecular weight is 365 g/mol. The number of nitrogens with zero attached hydrogens (tertiary/aromatic N) is 3. The number of benzene rings is 1. The average Bonchev–Trinajstić information content (AvgIpc) is 3.06. The molecule has 2 heterocycles. The van der Waals surface area contributed by atoms with Crippen LogP contribution < -0.4 is 10.6 Å². The van der Waals surface area contributed by atoms with Crippen molar-refractivity contribution in [2.45, 2.75) is 39.7 Å². The summed E-state index contributed by atoms with van der Waals surface area (Å²) >= 11 is 0. The van der Waals surface area contributed by atoms with E-state index in [9.17, 15) is 9.59 Å². The molecule has 0 spiro atoms. The van der Waals surface area contributed by atoms with Crippen molar-refractivity contribution in [3.05, 3.63) is 47.0 Å². The Morgan fingerprint density at radius 2 is 1.96 bits per heavy atom. The Balaban J connectivity index is 1.84. The topological polar surface area (TPSA) is 99.8 Å². The van der Waals surface area contributed by atoms with E-state index in [0.717, 1.165) is 25.0 Å². The zero-order chi connectivity index (χ0) is 19.4. The van der Waals surface area contributed by atoms with Crippen molar-refractivity contribution in [1.82, 2.24) is 14.9 Å². The molecule has 0 fully saturated rings. The first kappa shape index (κ1) is 18.6. The van der Waals surface area contributed by atoms with Crippen molar-refractivity contribution < 1.29 is 9.59 Å². The number of hydrogen-bond donors (Lipinski definition) is 2. The Bertz CT molecular complexity index is 890. The summed E-state index contributed by atoms with van der Waals surface area (Å²) in [5.41, 5.74) is 2.22. The molecule has 1 aromatic carbocycles. The number of aromatic nitrogens is 2. The Labute approximate surface area is 158 Å². The molecule has 1 aliphatic rings. The Hall–Kier alpha value is -3.14. The second-order valence-electron chi connectivity index (χ2n) is 7.09. The van der Waals surface area contributed by atoms with Crippen LogP contribution in [0.15, 0.2) is 24.3 Å². The molecule has 3 rings (SSSR count). The summed E-state index contributed by atoms with van der Waals surface area (Å²) in [4.78, 5) is 29.7. The molecule has 0 atom stereocenters. The van der Waals surface area contributed by atoms with E-state index in [1.165, 1.54) is 0 Å². The molecule has 0 bridgehead atoms. The largest absolute Gasteiger partial charge is 0.349 e. The first-order valence-electron chi connectivity index (χ1n) is 9.18. The van der Waals surface area contributed by atoms with Gasteiger partial charge in [-0.3, -0.25) is 9.59 Å².